The maximum atomic E-state index is 10.5. The molecule has 0 aliphatic rings. The van der Waals surface area contributed by atoms with E-state index in [0.717, 1.165) is 5.69 Å². The molecule has 0 aliphatic heterocycles. The van der Waals surface area contributed by atoms with Gasteiger partial charge in [0.1, 0.15) is 6.10 Å². The van der Waals surface area contributed by atoms with E-state index in [-0.39, 0.29) is 12.6 Å². The van der Waals surface area contributed by atoms with Crippen LogP contribution in [0.4, 0.5) is 0 Å². The number of hydrogen-bond donors (Lipinski definition) is 3. The maximum Gasteiger partial charge on any atom is 0.247 e. The van der Waals surface area contributed by atoms with Gasteiger partial charge in [-0.05, 0) is 6.92 Å². The Morgan fingerprint density at radius 2 is 2.57 bits per heavy atom. The summed E-state index contributed by atoms with van der Waals surface area (Å²) in [6.45, 7) is 2.05. The Morgan fingerprint density at radius 3 is 3.07 bits per heavy atom. The molecule has 78 valence electrons. The van der Waals surface area contributed by atoms with Crippen molar-refractivity contribution in [3.8, 4) is 0 Å². The second-order valence-electron chi connectivity index (χ2n) is 2.96. The Hall–Kier alpha value is -0.980. The Bertz CT molecular complexity index is 289. The molecule has 4 N–H and O–H groups in total. The molecular formula is C8H13N3O2S. The van der Waals surface area contributed by atoms with Crippen LogP contribution in [-0.2, 0) is 4.79 Å². The van der Waals surface area contributed by atoms with Crippen LogP contribution in [-0.4, -0.2) is 28.6 Å². The summed E-state index contributed by atoms with van der Waals surface area (Å²) in [6, 6.07) is 0.00949. The van der Waals surface area contributed by atoms with Crippen LogP contribution >= 0.6 is 11.3 Å². The molecule has 2 unspecified atom stereocenters. The van der Waals surface area contributed by atoms with Crippen LogP contribution in [0.5, 0.6) is 0 Å². The van der Waals surface area contributed by atoms with Gasteiger partial charge in [-0.25, -0.2) is 4.98 Å². The smallest absolute Gasteiger partial charge is 0.247 e. The standard InChI is InChI=1S/C8H13N3O2S/c1-5(6-3-14-4-11-6)10-2-7(12)8(9)13/h3-5,7,10,12H,2H2,1H3,(H2,9,13). The third-order valence-corrected chi connectivity index (χ3v) is 2.45. The van der Waals surface area contributed by atoms with Crippen LogP contribution in [0.25, 0.3) is 0 Å². The number of primary amides is 1. The number of carbonyl (C=O) groups excluding carboxylic acids is 1. The molecule has 1 aromatic rings. The number of thiazole rings is 1. The predicted molar refractivity (Wildman–Crippen MR) is 53.7 cm³/mol. The number of carbonyl (C=O) groups is 1. The molecule has 0 radical (unpaired) electrons. The zero-order valence-electron chi connectivity index (χ0n) is 7.80. The number of aliphatic hydroxyl groups excluding tert-OH is 1. The molecule has 0 spiro atoms. The zero-order valence-corrected chi connectivity index (χ0v) is 8.62. The number of nitrogens with two attached hydrogens (primary N) is 1. The predicted octanol–water partition coefficient (Wildman–Crippen LogP) is -0.360. The van der Waals surface area contributed by atoms with E-state index in [4.69, 9.17) is 10.8 Å². The van der Waals surface area contributed by atoms with Gasteiger partial charge in [0.25, 0.3) is 0 Å². The minimum absolute atomic E-state index is 0.00949. The van der Waals surface area contributed by atoms with E-state index in [9.17, 15) is 4.79 Å². The summed E-state index contributed by atoms with van der Waals surface area (Å²) in [6.07, 6.45) is -1.14. The second-order valence-corrected chi connectivity index (χ2v) is 3.68. The van der Waals surface area contributed by atoms with Crippen molar-refractivity contribution in [2.75, 3.05) is 6.54 Å². The molecule has 1 rings (SSSR count). The van der Waals surface area contributed by atoms with Crippen molar-refractivity contribution in [1.82, 2.24) is 10.3 Å². The van der Waals surface area contributed by atoms with Gasteiger partial charge in [-0.1, -0.05) is 0 Å². The molecule has 0 fully saturated rings. The van der Waals surface area contributed by atoms with E-state index in [1.54, 1.807) is 5.51 Å². The number of nitrogens with zero attached hydrogens (tertiary/aromatic N) is 1. The van der Waals surface area contributed by atoms with E-state index < -0.39 is 12.0 Å². The first-order valence-corrected chi connectivity index (χ1v) is 5.14. The highest BCUT2D eigenvalue weighted by Gasteiger charge is 2.13. The SMILES string of the molecule is CC(NCC(O)C(N)=O)c1cscn1. The lowest BCUT2D eigenvalue weighted by Crippen LogP contribution is -2.38. The van der Waals surface area contributed by atoms with Crippen molar-refractivity contribution in [1.29, 1.82) is 0 Å². The van der Waals surface area contributed by atoms with E-state index >= 15 is 0 Å². The van der Waals surface area contributed by atoms with Crippen molar-refractivity contribution < 1.29 is 9.90 Å². The zero-order chi connectivity index (χ0) is 10.6. The monoisotopic (exact) mass is 215 g/mol. The number of rotatable bonds is 5. The van der Waals surface area contributed by atoms with Gasteiger partial charge in [0, 0.05) is 18.0 Å². The molecule has 14 heavy (non-hydrogen) atoms. The van der Waals surface area contributed by atoms with Crippen molar-refractivity contribution in [2.24, 2.45) is 5.73 Å². The highest BCUT2D eigenvalue weighted by atomic mass is 32.1. The largest absolute Gasteiger partial charge is 0.382 e. The van der Waals surface area contributed by atoms with E-state index in [0.29, 0.717) is 0 Å². The fourth-order valence-corrected chi connectivity index (χ4v) is 1.58. The third kappa shape index (κ3) is 3.06. The summed E-state index contributed by atoms with van der Waals surface area (Å²) in [5.74, 6) is -0.719. The van der Waals surface area contributed by atoms with Gasteiger partial charge in [0.2, 0.25) is 5.91 Å². The van der Waals surface area contributed by atoms with Crippen molar-refractivity contribution in [3.05, 3.63) is 16.6 Å². The Morgan fingerprint density at radius 1 is 1.86 bits per heavy atom. The average molecular weight is 215 g/mol. The minimum atomic E-state index is -1.14. The normalized spacial score (nSPS) is 15.0. The van der Waals surface area contributed by atoms with Gasteiger partial charge in [-0.3, -0.25) is 4.79 Å². The molecule has 2 atom stereocenters. The van der Waals surface area contributed by atoms with Gasteiger partial charge in [0.15, 0.2) is 0 Å². The molecule has 0 saturated heterocycles. The number of aliphatic hydroxyl groups is 1. The Balaban J connectivity index is 2.35. The minimum Gasteiger partial charge on any atom is -0.382 e. The highest BCUT2D eigenvalue weighted by Crippen LogP contribution is 2.11. The molecule has 6 heteroatoms. The summed E-state index contributed by atoms with van der Waals surface area (Å²) in [5.41, 5.74) is 7.53. The number of hydrogen-bond acceptors (Lipinski definition) is 5. The molecule has 1 heterocycles. The van der Waals surface area contributed by atoms with Crippen LogP contribution in [0.3, 0.4) is 0 Å². The Kier molecular flexibility index (Phi) is 3.99. The Labute approximate surface area is 86.0 Å². The molecule has 0 saturated carbocycles. The van der Waals surface area contributed by atoms with Gasteiger partial charge < -0.3 is 16.2 Å². The average Bonchev–Trinajstić information content (AvgIpc) is 2.66. The van der Waals surface area contributed by atoms with Crippen LogP contribution in [0.1, 0.15) is 18.7 Å². The molecule has 0 bridgehead atoms. The highest BCUT2D eigenvalue weighted by molar-refractivity contribution is 7.07. The summed E-state index contributed by atoms with van der Waals surface area (Å²) in [5, 5.41) is 14.0. The first-order chi connectivity index (χ1) is 6.61. The fourth-order valence-electron chi connectivity index (χ4n) is 0.929. The summed E-state index contributed by atoms with van der Waals surface area (Å²) in [7, 11) is 0. The number of amides is 1. The second kappa shape index (κ2) is 5.04. The van der Waals surface area contributed by atoms with Crippen LogP contribution in [0.15, 0.2) is 10.9 Å². The van der Waals surface area contributed by atoms with Gasteiger partial charge in [-0.15, -0.1) is 11.3 Å². The van der Waals surface area contributed by atoms with Gasteiger partial charge >= 0.3 is 0 Å². The molecule has 5 nitrogen and oxygen atoms in total. The number of nitrogens with one attached hydrogen (secondary N) is 1. The molecule has 0 aromatic carbocycles. The van der Waals surface area contributed by atoms with Crippen LogP contribution in [0, 0.1) is 0 Å². The van der Waals surface area contributed by atoms with Gasteiger partial charge in [-0.2, -0.15) is 0 Å². The lowest BCUT2D eigenvalue weighted by molar-refractivity contribution is -0.125. The lowest BCUT2D eigenvalue weighted by atomic mass is 10.2. The fraction of sp³-hybridized carbons (Fsp3) is 0.500. The van der Waals surface area contributed by atoms with E-state index in [2.05, 4.69) is 10.3 Å². The molecule has 1 amide bonds. The van der Waals surface area contributed by atoms with Crippen molar-refractivity contribution in [2.45, 2.75) is 19.1 Å². The lowest BCUT2D eigenvalue weighted by Gasteiger charge is -2.13. The maximum absolute atomic E-state index is 10.5. The molecular weight excluding hydrogens is 202 g/mol. The van der Waals surface area contributed by atoms with E-state index in [1.807, 2.05) is 12.3 Å². The van der Waals surface area contributed by atoms with E-state index in [1.165, 1.54) is 11.3 Å². The van der Waals surface area contributed by atoms with Crippen molar-refractivity contribution in [3.63, 3.8) is 0 Å². The summed E-state index contributed by atoms with van der Waals surface area (Å²) >= 11 is 1.50. The number of aromatic nitrogens is 1. The summed E-state index contributed by atoms with van der Waals surface area (Å²) < 4.78 is 0. The van der Waals surface area contributed by atoms with Crippen LogP contribution < -0.4 is 11.1 Å². The molecule has 0 aliphatic carbocycles. The quantitative estimate of drug-likeness (QED) is 0.626. The summed E-state index contributed by atoms with van der Waals surface area (Å²) in [4.78, 5) is 14.6. The van der Waals surface area contributed by atoms with Crippen molar-refractivity contribution >= 4 is 17.2 Å². The first-order valence-electron chi connectivity index (χ1n) is 4.20. The first kappa shape index (κ1) is 11.1. The molecule has 1 aromatic heterocycles. The third-order valence-electron chi connectivity index (χ3n) is 1.84. The topological polar surface area (TPSA) is 88.2 Å². The van der Waals surface area contributed by atoms with Crippen LogP contribution in [0.2, 0.25) is 0 Å². The van der Waals surface area contributed by atoms with Gasteiger partial charge in [0.05, 0.1) is 11.2 Å².